The first-order valence-corrected chi connectivity index (χ1v) is 10.3. The topological polar surface area (TPSA) is 71.0 Å². The Bertz CT molecular complexity index is 748. The number of halogens is 1. The molecule has 0 aromatic heterocycles. The van der Waals surface area contributed by atoms with Crippen LogP contribution in [-0.2, 0) is 16.4 Å². The minimum Gasteiger partial charge on any atom is -0.494 e. The van der Waals surface area contributed by atoms with Gasteiger partial charge in [-0.3, -0.25) is 4.99 Å². The minimum absolute atomic E-state index is 0. The summed E-state index contributed by atoms with van der Waals surface area (Å²) in [5.74, 6) is 1.79. The second-order valence-corrected chi connectivity index (χ2v) is 9.68. The summed E-state index contributed by atoms with van der Waals surface area (Å²) in [6.45, 7) is 9.74. The monoisotopic (exact) mass is 495 g/mol. The number of rotatable bonds is 4. The number of benzene rings is 1. The molecule has 26 heavy (non-hydrogen) atoms. The van der Waals surface area contributed by atoms with Crippen molar-refractivity contribution in [3.8, 4) is 5.75 Å². The highest BCUT2D eigenvalue weighted by atomic mass is 127. The first-order valence-electron chi connectivity index (χ1n) is 8.60. The van der Waals surface area contributed by atoms with Crippen LogP contribution in [0.5, 0.6) is 5.75 Å². The lowest BCUT2D eigenvalue weighted by Crippen LogP contribution is -2.57. The molecule has 1 fully saturated rings. The summed E-state index contributed by atoms with van der Waals surface area (Å²) >= 11 is 0. The largest absolute Gasteiger partial charge is 0.494 e. The molecule has 1 aliphatic heterocycles. The van der Waals surface area contributed by atoms with Gasteiger partial charge in [-0.15, -0.1) is 24.0 Å². The fraction of sp³-hybridized carbons (Fsp3) is 0.611. The molecular weight excluding hydrogens is 465 g/mol. The molecule has 1 heterocycles. The summed E-state index contributed by atoms with van der Waals surface area (Å²) in [7, 11) is -1.33. The molecule has 8 heteroatoms. The maximum absolute atomic E-state index is 12.2. The zero-order valence-electron chi connectivity index (χ0n) is 16.2. The SMILES string of the molecule is CCOc1ccc(CNC(=NC)N2CCS(=O)(=O)C(C)(C)C2)cc1C.I. The van der Waals surface area contributed by atoms with Gasteiger partial charge in [0.25, 0.3) is 0 Å². The van der Waals surface area contributed by atoms with Gasteiger partial charge in [-0.25, -0.2) is 8.42 Å². The van der Waals surface area contributed by atoms with Gasteiger partial charge in [-0.05, 0) is 44.9 Å². The Hall–Kier alpha value is -1.03. The van der Waals surface area contributed by atoms with E-state index in [4.69, 9.17) is 4.74 Å². The molecule has 148 valence electrons. The molecule has 6 nitrogen and oxygen atoms in total. The van der Waals surface area contributed by atoms with Gasteiger partial charge >= 0.3 is 0 Å². The first kappa shape index (κ1) is 23.0. The number of ether oxygens (including phenoxy) is 1. The van der Waals surface area contributed by atoms with E-state index in [1.807, 2.05) is 30.9 Å². The van der Waals surface area contributed by atoms with Crippen molar-refractivity contribution in [2.45, 2.75) is 39.0 Å². The lowest BCUT2D eigenvalue weighted by molar-refractivity contribution is 0.337. The third kappa shape index (κ3) is 5.25. The molecule has 1 aromatic rings. The van der Waals surface area contributed by atoms with Crippen LogP contribution in [0.15, 0.2) is 23.2 Å². The van der Waals surface area contributed by atoms with Gasteiger partial charge in [0.2, 0.25) is 0 Å². The molecule has 0 bridgehead atoms. The summed E-state index contributed by atoms with van der Waals surface area (Å²) in [5, 5.41) is 3.34. The molecule has 0 radical (unpaired) electrons. The maximum atomic E-state index is 12.2. The summed E-state index contributed by atoms with van der Waals surface area (Å²) in [6, 6.07) is 6.11. The van der Waals surface area contributed by atoms with Crippen molar-refractivity contribution < 1.29 is 13.2 Å². The summed E-state index contributed by atoms with van der Waals surface area (Å²) in [4.78, 5) is 6.34. The minimum atomic E-state index is -3.06. The van der Waals surface area contributed by atoms with Gasteiger partial charge < -0.3 is 15.0 Å². The van der Waals surface area contributed by atoms with E-state index in [1.165, 1.54) is 0 Å². The van der Waals surface area contributed by atoms with Crippen LogP contribution in [0.1, 0.15) is 31.9 Å². The predicted octanol–water partition coefficient (Wildman–Crippen LogP) is 2.60. The second-order valence-electron chi connectivity index (χ2n) is 6.93. The number of aliphatic imine (C=N–C) groups is 1. The Morgan fingerprint density at radius 3 is 2.62 bits per heavy atom. The Labute approximate surface area is 174 Å². The van der Waals surface area contributed by atoms with Gasteiger partial charge in [0.1, 0.15) is 5.75 Å². The molecule has 0 amide bonds. The molecule has 0 unspecified atom stereocenters. The van der Waals surface area contributed by atoms with Gasteiger partial charge in [0.05, 0.1) is 17.1 Å². The number of hydrogen-bond acceptors (Lipinski definition) is 4. The van der Waals surface area contributed by atoms with E-state index in [9.17, 15) is 8.42 Å². The number of aryl methyl sites for hydroxylation is 1. The number of sulfone groups is 1. The van der Waals surface area contributed by atoms with E-state index in [2.05, 4.69) is 16.4 Å². The smallest absolute Gasteiger partial charge is 0.193 e. The fourth-order valence-corrected chi connectivity index (χ4v) is 4.34. The number of nitrogens with one attached hydrogen (secondary N) is 1. The molecule has 0 spiro atoms. The Kier molecular flexibility index (Phi) is 8.19. The second kappa shape index (κ2) is 9.25. The van der Waals surface area contributed by atoms with E-state index in [0.717, 1.165) is 22.8 Å². The third-order valence-electron chi connectivity index (χ3n) is 4.54. The standard InChI is InChI=1S/C18H29N3O3S.HI/c1-6-24-16-8-7-15(11-14(16)2)12-20-17(19-5)21-9-10-25(22,23)18(3,4)13-21;/h7-8,11H,6,9-10,12-13H2,1-5H3,(H,19,20);1H. The summed E-state index contributed by atoms with van der Waals surface area (Å²) in [5.41, 5.74) is 2.23. The average molecular weight is 495 g/mol. The van der Waals surface area contributed by atoms with Gasteiger partial charge in [0.15, 0.2) is 15.8 Å². The number of guanidine groups is 1. The fourth-order valence-electron chi connectivity index (χ4n) is 2.98. The van der Waals surface area contributed by atoms with E-state index in [-0.39, 0.29) is 29.7 Å². The number of nitrogens with zero attached hydrogens (tertiary/aromatic N) is 2. The van der Waals surface area contributed by atoms with Crippen molar-refractivity contribution in [2.75, 3.05) is 32.5 Å². The lowest BCUT2D eigenvalue weighted by atomic mass is 10.1. The quantitative estimate of drug-likeness (QED) is 0.395. The lowest BCUT2D eigenvalue weighted by Gasteiger charge is -2.39. The van der Waals surface area contributed by atoms with Crippen LogP contribution < -0.4 is 10.1 Å². The molecule has 2 rings (SSSR count). The highest BCUT2D eigenvalue weighted by Gasteiger charge is 2.40. The van der Waals surface area contributed by atoms with Crippen molar-refractivity contribution in [1.29, 1.82) is 0 Å². The molecule has 1 aliphatic rings. The molecule has 0 saturated carbocycles. The molecule has 0 atom stereocenters. The Balaban J connectivity index is 0.00000338. The van der Waals surface area contributed by atoms with E-state index < -0.39 is 14.6 Å². The highest BCUT2D eigenvalue weighted by Crippen LogP contribution is 2.24. The summed E-state index contributed by atoms with van der Waals surface area (Å²) < 4.78 is 29.1. The zero-order chi connectivity index (χ0) is 18.7. The Morgan fingerprint density at radius 2 is 2.08 bits per heavy atom. The van der Waals surface area contributed by atoms with Crippen LogP contribution in [-0.4, -0.2) is 56.5 Å². The van der Waals surface area contributed by atoms with Crippen LogP contribution in [0.25, 0.3) is 0 Å². The molecular formula is C18H30IN3O3S. The van der Waals surface area contributed by atoms with E-state index in [0.29, 0.717) is 26.2 Å². The van der Waals surface area contributed by atoms with Crippen molar-refractivity contribution in [1.82, 2.24) is 10.2 Å². The van der Waals surface area contributed by atoms with E-state index >= 15 is 0 Å². The maximum Gasteiger partial charge on any atom is 0.193 e. The van der Waals surface area contributed by atoms with Crippen LogP contribution in [0.2, 0.25) is 0 Å². The van der Waals surface area contributed by atoms with Crippen molar-refractivity contribution in [2.24, 2.45) is 4.99 Å². The molecule has 1 saturated heterocycles. The summed E-state index contributed by atoms with van der Waals surface area (Å²) in [6.07, 6.45) is 0. The van der Waals surface area contributed by atoms with Crippen molar-refractivity contribution in [3.05, 3.63) is 29.3 Å². The average Bonchev–Trinajstić information content (AvgIpc) is 2.54. The van der Waals surface area contributed by atoms with Crippen LogP contribution in [0.3, 0.4) is 0 Å². The predicted molar refractivity (Wildman–Crippen MR) is 117 cm³/mol. The third-order valence-corrected chi connectivity index (χ3v) is 7.08. The van der Waals surface area contributed by atoms with Crippen LogP contribution in [0, 0.1) is 6.92 Å². The highest BCUT2D eigenvalue weighted by molar-refractivity contribution is 14.0. The normalized spacial score (nSPS) is 18.8. The van der Waals surface area contributed by atoms with E-state index in [1.54, 1.807) is 20.9 Å². The van der Waals surface area contributed by atoms with Crippen molar-refractivity contribution >= 4 is 39.8 Å². The van der Waals surface area contributed by atoms with Crippen LogP contribution >= 0.6 is 24.0 Å². The van der Waals surface area contributed by atoms with Gasteiger partial charge in [-0.2, -0.15) is 0 Å². The Morgan fingerprint density at radius 1 is 1.38 bits per heavy atom. The molecule has 0 aliphatic carbocycles. The molecule has 1 N–H and O–H groups in total. The first-order chi connectivity index (χ1) is 11.7. The van der Waals surface area contributed by atoms with Gasteiger partial charge in [-0.1, -0.05) is 12.1 Å². The van der Waals surface area contributed by atoms with Crippen molar-refractivity contribution in [3.63, 3.8) is 0 Å². The number of hydrogen-bond donors (Lipinski definition) is 1. The van der Waals surface area contributed by atoms with Crippen LogP contribution in [0.4, 0.5) is 0 Å². The molecule has 1 aromatic carbocycles. The zero-order valence-corrected chi connectivity index (χ0v) is 19.4. The van der Waals surface area contributed by atoms with Gasteiger partial charge in [0, 0.05) is 26.7 Å².